The number of ketones is 1. The zero-order valence-electron chi connectivity index (χ0n) is 13.8. The van der Waals surface area contributed by atoms with Crippen molar-refractivity contribution < 1.29 is 27.9 Å². The van der Waals surface area contributed by atoms with Gasteiger partial charge in [0.2, 0.25) is 0 Å². The number of benzene rings is 1. The monoisotopic (exact) mass is 355 g/mol. The molecule has 0 bridgehead atoms. The predicted octanol–water partition coefficient (Wildman–Crippen LogP) is 2.84. The third-order valence-corrected chi connectivity index (χ3v) is 5.78. The molecular formula is C16H22NO6P. The quantitative estimate of drug-likeness (QED) is 0.700. The van der Waals surface area contributed by atoms with E-state index in [4.69, 9.17) is 13.8 Å². The average molecular weight is 355 g/mol. The Bertz CT molecular complexity index is 612. The number of amides is 1. The Kier molecular flexibility index (Phi) is 6.54. The number of hydrogen-bond donors (Lipinski definition) is 0. The molecule has 1 fully saturated rings. The summed E-state index contributed by atoms with van der Waals surface area (Å²) in [5.74, 6) is -0.337. The molecule has 1 atom stereocenters. The maximum Gasteiger partial charge on any atom is 0.410 e. The summed E-state index contributed by atoms with van der Waals surface area (Å²) < 4.78 is 27.0. The number of rotatable bonds is 7. The lowest BCUT2D eigenvalue weighted by molar-refractivity contribution is -0.120. The van der Waals surface area contributed by atoms with Gasteiger partial charge in [0.15, 0.2) is 5.78 Å². The average Bonchev–Trinajstić information content (AvgIpc) is 3.10. The molecular weight excluding hydrogens is 333 g/mol. The molecule has 0 spiro atoms. The number of likely N-dealkylation sites (tertiary alicyclic amines) is 1. The van der Waals surface area contributed by atoms with Crippen LogP contribution in [0.25, 0.3) is 0 Å². The maximum atomic E-state index is 12.4. The van der Waals surface area contributed by atoms with Gasteiger partial charge in [0, 0.05) is 20.8 Å². The molecule has 1 saturated heterocycles. The van der Waals surface area contributed by atoms with Crippen LogP contribution >= 0.6 is 7.60 Å². The zero-order valence-corrected chi connectivity index (χ0v) is 14.7. The topological polar surface area (TPSA) is 82.1 Å². The van der Waals surface area contributed by atoms with Crippen molar-refractivity contribution in [2.45, 2.75) is 25.5 Å². The van der Waals surface area contributed by atoms with E-state index in [1.165, 1.54) is 19.1 Å². The lowest BCUT2D eigenvalue weighted by Gasteiger charge is -2.24. The van der Waals surface area contributed by atoms with E-state index in [1.54, 1.807) is 0 Å². The first-order valence-electron chi connectivity index (χ1n) is 7.69. The minimum atomic E-state index is -3.44. The minimum Gasteiger partial charge on any atom is -0.445 e. The Morgan fingerprint density at radius 3 is 2.50 bits per heavy atom. The van der Waals surface area contributed by atoms with Gasteiger partial charge in [0.1, 0.15) is 12.8 Å². The predicted molar refractivity (Wildman–Crippen MR) is 87.9 cm³/mol. The minimum absolute atomic E-state index is 0.145. The molecule has 1 aliphatic rings. The smallest absolute Gasteiger partial charge is 0.410 e. The van der Waals surface area contributed by atoms with Crippen LogP contribution in [0.5, 0.6) is 0 Å². The van der Waals surface area contributed by atoms with Crippen molar-refractivity contribution in [2.75, 3.05) is 26.9 Å². The first kappa shape index (κ1) is 18.6. The van der Waals surface area contributed by atoms with Crippen molar-refractivity contribution in [2.24, 2.45) is 0 Å². The molecule has 8 heteroatoms. The Morgan fingerprint density at radius 1 is 1.21 bits per heavy atom. The molecule has 0 aliphatic carbocycles. The largest absolute Gasteiger partial charge is 0.445 e. The van der Waals surface area contributed by atoms with Crippen LogP contribution < -0.4 is 0 Å². The van der Waals surface area contributed by atoms with Gasteiger partial charge < -0.3 is 13.8 Å². The molecule has 0 radical (unpaired) electrons. The number of ether oxygens (including phenoxy) is 1. The van der Waals surface area contributed by atoms with E-state index < -0.39 is 19.7 Å². The Labute approximate surface area is 141 Å². The molecule has 24 heavy (non-hydrogen) atoms. The van der Waals surface area contributed by atoms with E-state index in [0.717, 1.165) is 5.56 Å². The van der Waals surface area contributed by atoms with Crippen LogP contribution in [-0.4, -0.2) is 49.7 Å². The molecule has 0 unspecified atom stereocenters. The van der Waals surface area contributed by atoms with Crippen LogP contribution in [0.4, 0.5) is 4.79 Å². The van der Waals surface area contributed by atoms with Crippen LogP contribution in [0.3, 0.4) is 0 Å². The van der Waals surface area contributed by atoms with E-state index in [0.29, 0.717) is 19.4 Å². The summed E-state index contributed by atoms with van der Waals surface area (Å²) in [5, 5.41) is 0. The third kappa shape index (κ3) is 4.66. The van der Waals surface area contributed by atoms with Gasteiger partial charge in [-0.25, -0.2) is 4.79 Å². The van der Waals surface area contributed by atoms with E-state index in [9.17, 15) is 14.2 Å². The van der Waals surface area contributed by atoms with E-state index in [2.05, 4.69) is 0 Å². The van der Waals surface area contributed by atoms with Crippen molar-refractivity contribution in [3.63, 3.8) is 0 Å². The van der Waals surface area contributed by atoms with Crippen molar-refractivity contribution >= 4 is 19.5 Å². The third-order valence-electron chi connectivity index (χ3n) is 3.97. The first-order valence-corrected chi connectivity index (χ1v) is 9.42. The summed E-state index contributed by atoms with van der Waals surface area (Å²) in [6, 6.07) is 8.66. The van der Waals surface area contributed by atoms with Gasteiger partial charge in [-0.05, 0) is 18.4 Å². The molecule has 2 rings (SSSR count). The van der Waals surface area contributed by atoms with E-state index in [-0.39, 0.29) is 18.6 Å². The zero-order chi connectivity index (χ0) is 17.6. The normalized spacial score (nSPS) is 17.8. The van der Waals surface area contributed by atoms with E-state index >= 15 is 0 Å². The summed E-state index contributed by atoms with van der Waals surface area (Å²) in [4.78, 5) is 26.0. The number of carbonyl (C=O) groups excluding carboxylic acids is 2. The lowest BCUT2D eigenvalue weighted by atomic mass is 10.1. The van der Waals surface area contributed by atoms with Crippen LogP contribution in [-0.2, 0) is 29.8 Å². The SMILES string of the molecule is COP(=O)(CC(=O)[C@@H]1CCCN1C(=O)OCc1ccccc1)OC. The molecule has 0 N–H and O–H groups in total. The van der Waals surface area contributed by atoms with Crippen LogP contribution in [0, 0.1) is 0 Å². The van der Waals surface area contributed by atoms with Crippen LogP contribution in [0.2, 0.25) is 0 Å². The highest BCUT2D eigenvalue weighted by molar-refractivity contribution is 7.54. The summed E-state index contributed by atoms with van der Waals surface area (Å²) in [6.07, 6.45) is 0.320. The van der Waals surface area contributed by atoms with Gasteiger partial charge in [0.05, 0.1) is 6.04 Å². The van der Waals surface area contributed by atoms with Gasteiger partial charge in [-0.15, -0.1) is 0 Å². The first-order chi connectivity index (χ1) is 11.5. The van der Waals surface area contributed by atoms with Crippen molar-refractivity contribution in [3.8, 4) is 0 Å². The van der Waals surface area contributed by atoms with Crippen LogP contribution in [0.1, 0.15) is 18.4 Å². The summed E-state index contributed by atoms with van der Waals surface area (Å²) >= 11 is 0. The molecule has 0 aromatic heterocycles. The fraction of sp³-hybridized carbons (Fsp3) is 0.500. The molecule has 7 nitrogen and oxygen atoms in total. The molecule has 1 amide bonds. The van der Waals surface area contributed by atoms with Gasteiger partial charge in [-0.1, -0.05) is 30.3 Å². The number of carbonyl (C=O) groups is 2. The Balaban J connectivity index is 1.95. The highest BCUT2D eigenvalue weighted by Gasteiger charge is 2.38. The molecule has 1 aromatic rings. The standard InChI is InChI=1S/C16H22NO6P/c1-21-24(20,22-2)12-15(18)14-9-6-10-17(14)16(19)23-11-13-7-4-3-5-8-13/h3-5,7-8,14H,6,9-12H2,1-2H3/t14-/m0/s1. The lowest BCUT2D eigenvalue weighted by Crippen LogP contribution is -2.42. The van der Waals surface area contributed by atoms with Crippen molar-refractivity contribution in [3.05, 3.63) is 35.9 Å². The maximum absolute atomic E-state index is 12.4. The second-order valence-electron chi connectivity index (χ2n) is 5.49. The fourth-order valence-electron chi connectivity index (χ4n) is 2.62. The fourth-order valence-corrected chi connectivity index (χ4v) is 3.62. The van der Waals surface area contributed by atoms with E-state index in [1.807, 2.05) is 30.3 Å². The summed E-state index contributed by atoms with van der Waals surface area (Å²) in [7, 11) is -0.970. The summed E-state index contributed by atoms with van der Waals surface area (Å²) in [5.41, 5.74) is 0.871. The van der Waals surface area contributed by atoms with Gasteiger partial charge in [0.25, 0.3) is 0 Å². The molecule has 1 heterocycles. The highest BCUT2D eigenvalue weighted by atomic mass is 31.2. The molecule has 1 aromatic carbocycles. The van der Waals surface area contributed by atoms with Gasteiger partial charge in [-0.3, -0.25) is 14.3 Å². The van der Waals surface area contributed by atoms with Gasteiger partial charge in [-0.2, -0.15) is 0 Å². The summed E-state index contributed by atoms with van der Waals surface area (Å²) in [6.45, 7) is 0.583. The molecule has 1 aliphatic heterocycles. The Hall–Kier alpha value is -1.69. The number of nitrogens with zero attached hydrogens (tertiary/aromatic N) is 1. The highest BCUT2D eigenvalue weighted by Crippen LogP contribution is 2.46. The Morgan fingerprint density at radius 2 is 1.88 bits per heavy atom. The second kappa shape index (κ2) is 8.42. The molecule has 0 saturated carbocycles. The van der Waals surface area contributed by atoms with Crippen molar-refractivity contribution in [1.29, 1.82) is 0 Å². The number of Topliss-reactive ketones (excluding diaryl/α,β-unsaturated/α-hetero) is 1. The number of hydrogen-bond acceptors (Lipinski definition) is 6. The second-order valence-corrected chi connectivity index (χ2v) is 7.76. The van der Waals surface area contributed by atoms with Gasteiger partial charge >= 0.3 is 13.7 Å². The van der Waals surface area contributed by atoms with Crippen molar-refractivity contribution in [1.82, 2.24) is 4.90 Å². The molecule has 132 valence electrons. The van der Waals surface area contributed by atoms with Crippen LogP contribution in [0.15, 0.2) is 30.3 Å².